The highest BCUT2D eigenvalue weighted by atomic mass is 32.2. The van der Waals surface area contributed by atoms with Crippen molar-refractivity contribution in [3.05, 3.63) is 0 Å². The van der Waals surface area contributed by atoms with E-state index in [4.69, 9.17) is 0 Å². The Labute approximate surface area is 118 Å². The van der Waals surface area contributed by atoms with Gasteiger partial charge in [0.1, 0.15) is 0 Å². The highest BCUT2D eigenvalue weighted by Gasteiger charge is 2.39. The van der Waals surface area contributed by atoms with E-state index in [1.807, 2.05) is 18.2 Å². The molecule has 2 aliphatic rings. The Morgan fingerprint density at radius 1 is 1.21 bits per heavy atom. The van der Waals surface area contributed by atoms with Crippen LogP contribution in [-0.2, 0) is 10.0 Å². The minimum Gasteiger partial charge on any atom is -0.311 e. The van der Waals surface area contributed by atoms with E-state index >= 15 is 0 Å². The fourth-order valence-electron chi connectivity index (χ4n) is 3.55. The average Bonchev–Trinajstić information content (AvgIpc) is 2.63. The Morgan fingerprint density at radius 2 is 1.79 bits per heavy atom. The molecule has 0 aromatic rings. The number of nitrogens with zero attached hydrogens (tertiary/aromatic N) is 1. The Morgan fingerprint density at radius 3 is 2.26 bits per heavy atom. The van der Waals surface area contributed by atoms with Crippen molar-refractivity contribution in [2.24, 2.45) is 5.92 Å². The molecule has 2 fully saturated rings. The summed E-state index contributed by atoms with van der Waals surface area (Å²) in [4.78, 5) is 0. The second-order valence-electron chi connectivity index (χ2n) is 6.55. The third-order valence-corrected chi connectivity index (χ3v) is 6.48. The monoisotopic (exact) mass is 288 g/mol. The van der Waals surface area contributed by atoms with Crippen molar-refractivity contribution >= 4 is 10.0 Å². The average molecular weight is 288 g/mol. The number of piperidine rings is 1. The molecule has 0 saturated carbocycles. The number of fused-ring (bicyclic) bond motifs is 2. The van der Waals surface area contributed by atoms with E-state index in [2.05, 4.69) is 12.2 Å². The van der Waals surface area contributed by atoms with Gasteiger partial charge >= 0.3 is 0 Å². The Balaban J connectivity index is 2.11. The number of hydrogen-bond acceptors (Lipinski definition) is 3. The Bertz CT molecular complexity index is 382. The molecule has 19 heavy (non-hydrogen) atoms. The summed E-state index contributed by atoms with van der Waals surface area (Å²) in [7, 11) is -3.10. The Kier molecular flexibility index (Phi) is 4.90. The van der Waals surface area contributed by atoms with Crippen LogP contribution in [0.2, 0.25) is 0 Å². The molecule has 5 heteroatoms. The van der Waals surface area contributed by atoms with Crippen LogP contribution in [0.1, 0.15) is 52.9 Å². The van der Waals surface area contributed by atoms with Crippen molar-refractivity contribution in [2.45, 2.75) is 71.0 Å². The first-order valence-corrected chi connectivity index (χ1v) is 9.29. The second-order valence-corrected chi connectivity index (χ2v) is 8.51. The van der Waals surface area contributed by atoms with Crippen molar-refractivity contribution in [3.63, 3.8) is 0 Å². The predicted molar refractivity (Wildman–Crippen MR) is 78.6 cm³/mol. The summed E-state index contributed by atoms with van der Waals surface area (Å²) >= 11 is 0. The summed E-state index contributed by atoms with van der Waals surface area (Å²) in [6, 6.07) is 1.30. The van der Waals surface area contributed by atoms with Crippen LogP contribution in [0.5, 0.6) is 0 Å². The van der Waals surface area contributed by atoms with E-state index in [1.54, 1.807) is 0 Å². The molecule has 0 aliphatic carbocycles. The van der Waals surface area contributed by atoms with Gasteiger partial charge in [0.15, 0.2) is 0 Å². The molecular formula is C14H28N2O2S. The molecule has 2 heterocycles. The molecule has 0 spiro atoms. The van der Waals surface area contributed by atoms with Crippen LogP contribution >= 0.6 is 0 Å². The maximum atomic E-state index is 12.6. The van der Waals surface area contributed by atoms with Gasteiger partial charge in [0.05, 0.1) is 5.75 Å². The minimum atomic E-state index is -3.10. The van der Waals surface area contributed by atoms with E-state index in [0.717, 1.165) is 19.3 Å². The third kappa shape index (κ3) is 3.70. The van der Waals surface area contributed by atoms with Gasteiger partial charge in [-0.1, -0.05) is 20.8 Å². The maximum absolute atomic E-state index is 12.6. The highest BCUT2D eigenvalue weighted by molar-refractivity contribution is 7.89. The highest BCUT2D eigenvalue weighted by Crippen LogP contribution is 2.31. The zero-order valence-electron chi connectivity index (χ0n) is 12.4. The number of sulfonamides is 1. The molecule has 0 aromatic carbocycles. The number of hydrogen-bond donors (Lipinski definition) is 1. The van der Waals surface area contributed by atoms with Crippen LogP contribution < -0.4 is 5.32 Å². The lowest BCUT2D eigenvalue weighted by atomic mass is 10.00. The second kappa shape index (κ2) is 6.10. The van der Waals surface area contributed by atoms with Gasteiger partial charge in [-0.25, -0.2) is 8.42 Å². The van der Waals surface area contributed by atoms with E-state index in [9.17, 15) is 8.42 Å². The lowest BCUT2D eigenvalue weighted by molar-refractivity contribution is 0.225. The van der Waals surface area contributed by atoms with Crippen molar-refractivity contribution in [1.82, 2.24) is 9.62 Å². The lowest BCUT2D eigenvalue weighted by Crippen LogP contribution is -2.51. The minimum absolute atomic E-state index is 0.197. The van der Waals surface area contributed by atoms with Crippen LogP contribution in [0.15, 0.2) is 0 Å². The van der Waals surface area contributed by atoms with E-state index in [1.165, 1.54) is 12.8 Å². The van der Waals surface area contributed by atoms with Crippen molar-refractivity contribution in [1.29, 1.82) is 0 Å². The zero-order chi connectivity index (χ0) is 14.0. The summed E-state index contributed by atoms with van der Waals surface area (Å²) in [6.07, 6.45) is 5.31. The maximum Gasteiger partial charge on any atom is 0.214 e. The predicted octanol–water partition coefficient (Wildman–Crippen LogP) is 1.97. The first-order chi connectivity index (χ1) is 8.92. The van der Waals surface area contributed by atoms with Crippen LogP contribution in [0.25, 0.3) is 0 Å². The summed E-state index contributed by atoms with van der Waals surface area (Å²) in [5, 5.41) is 3.59. The molecule has 0 amide bonds. The van der Waals surface area contributed by atoms with E-state index in [0.29, 0.717) is 18.6 Å². The van der Waals surface area contributed by atoms with Crippen molar-refractivity contribution in [3.8, 4) is 0 Å². The molecule has 2 atom stereocenters. The first kappa shape index (κ1) is 15.3. The Hall–Kier alpha value is -0.130. The summed E-state index contributed by atoms with van der Waals surface area (Å²) in [6.45, 7) is 6.70. The van der Waals surface area contributed by atoms with Crippen LogP contribution in [0, 0.1) is 5.92 Å². The van der Waals surface area contributed by atoms with E-state index < -0.39 is 10.0 Å². The molecule has 2 saturated heterocycles. The van der Waals surface area contributed by atoms with Gasteiger partial charge in [-0.05, 0) is 38.0 Å². The van der Waals surface area contributed by atoms with Gasteiger partial charge < -0.3 is 5.32 Å². The third-order valence-electron chi connectivity index (χ3n) is 4.20. The number of rotatable bonds is 6. The zero-order valence-corrected chi connectivity index (χ0v) is 13.2. The van der Waals surface area contributed by atoms with Gasteiger partial charge in [0.2, 0.25) is 10.0 Å². The molecule has 1 N–H and O–H groups in total. The first-order valence-electron chi connectivity index (χ1n) is 7.68. The molecule has 0 aromatic heterocycles. The molecule has 2 aliphatic heterocycles. The fourth-order valence-corrected chi connectivity index (χ4v) is 5.67. The topological polar surface area (TPSA) is 49.4 Å². The molecule has 2 rings (SSSR count). The quantitative estimate of drug-likeness (QED) is 0.813. The van der Waals surface area contributed by atoms with Gasteiger partial charge in [-0.15, -0.1) is 0 Å². The van der Waals surface area contributed by atoms with Gasteiger partial charge in [-0.2, -0.15) is 4.31 Å². The normalized spacial score (nSPS) is 31.3. The van der Waals surface area contributed by atoms with Crippen LogP contribution in [-0.4, -0.2) is 43.1 Å². The molecule has 112 valence electrons. The number of nitrogens with one attached hydrogen (secondary N) is 1. The van der Waals surface area contributed by atoms with Crippen LogP contribution in [0.4, 0.5) is 0 Å². The standard InChI is InChI=1S/C14H28N2O2S/c1-4-7-16(19(17,18)10-11(2)3)14-8-12-5-6-13(9-14)15-12/h11-15H,4-10H2,1-3H3. The summed E-state index contributed by atoms with van der Waals surface area (Å²) in [5.41, 5.74) is 0. The SMILES string of the molecule is CCCN(C1CC2CCC(C1)N2)S(=O)(=O)CC(C)C. The summed E-state index contributed by atoms with van der Waals surface area (Å²) < 4.78 is 27.0. The van der Waals surface area contributed by atoms with Crippen molar-refractivity contribution < 1.29 is 8.42 Å². The van der Waals surface area contributed by atoms with Crippen molar-refractivity contribution in [2.75, 3.05) is 12.3 Å². The summed E-state index contributed by atoms with van der Waals surface area (Å²) in [5.74, 6) is 0.481. The smallest absolute Gasteiger partial charge is 0.214 e. The largest absolute Gasteiger partial charge is 0.311 e. The van der Waals surface area contributed by atoms with E-state index in [-0.39, 0.29) is 17.7 Å². The lowest BCUT2D eigenvalue weighted by Gasteiger charge is -2.37. The molecule has 4 nitrogen and oxygen atoms in total. The van der Waals surface area contributed by atoms with Gasteiger partial charge in [0, 0.05) is 24.7 Å². The molecular weight excluding hydrogens is 260 g/mol. The van der Waals surface area contributed by atoms with Gasteiger partial charge in [-0.3, -0.25) is 0 Å². The molecule has 2 unspecified atom stereocenters. The fraction of sp³-hybridized carbons (Fsp3) is 1.00. The van der Waals surface area contributed by atoms with Gasteiger partial charge in [0.25, 0.3) is 0 Å². The molecule has 0 radical (unpaired) electrons. The molecule has 2 bridgehead atoms. The van der Waals surface area contributed by atoms with Crippen LogP contribution in [0.3, 0.4) is 0 Å².